The average Bonchev–Trinajstić information content (AvgIpc) is 1.35. The van der Waals surface area contributed by atoms with Crippen LogP contribution in [-0.2, 0) is 3.76 Å². The Kier molecular flexibility index (Phi) is 3.99. The van der Waals surface area contributed by atoms with Crippen molar-refractivity contribution in [1.82, 2.24) is 0 Å². The van der Waals surface area contributed by atoms with Crippen molar-refractivity contribution in [1.29, 1.82) is 0 Å². The van der Waals surface area contributed by atoms with E-state index in [1.807, 2.05) is 6.92 Å². The molecule has 0 saturated carbocycles. The van der Waals surface area contributed by atoms with Gasteiger partial charge in [0, 0.05) is 0 Å². The molecule has 0 unspecified atom stereocenters. The minimum absolute atomic E-state index is 0.884. The molecule has 0 rings (SSSR count). The van der Waals surface area contributed by atoms with E-state index in [0.717, 1.165) is 6.61 Å². The van der Waals surface area contributed by atoms with E-state index in [0.29, 0.717) is 0 Å². The summed E-state index contributed by atoms with van der Waals surface area (Å²) in [5.41, 5.74) is 0. The number of hydrogen-bond acceptors (Lipinski definition) is 1. The molecule has 0 N–H and O–H groups in total. The van der Waals surface area contributed by atoms with E-state index < -0.39 is 14.7 Å². The molecular weight excluding hydrogens is 137 g/mol. The molecular formula is C4H11GeO. The van der Waals surface area contributed by atoms with E-state index in [9.17, 15) is 0 Å². The van der Waals surface area contributed by atoms with Crippen LogP contribution in [0.2, 0.25) is 11.5 Å². The summed E-state index contributed by atoms with van der Waals surface area (Å²) in [4.78, 5) is 0. The summed E-state index contributed by atoms with van der Waals surface area (Å²) in [7, 11) is 0. The van der Waals surface area contributed by atoms with Crippen molar-refractivity contribution < 1.29 is 3.76 Å². The molecule has 1 radical (unpaired) electrons. The summed E-state index contributed by atoms with van der Waals surface area (Å²) in [5.74, 6) is 4.40. The second-order valence-electron chi connectivity index (χ2n) is 1.34. The first-order valence-electron chi connectivity index (χ1n) is 2.20. The van der Waals surface area contributed by atoms with Gasteiger partial charge in [-0.3, -0.25) is 0 Å². The normalized spacial score (nSPS) is 10.0. The summed E-state index contributed by atoms with van der Waals surface area (Å²) >= 11 is -0.884. The molecule has 6 heavy (non-hydrogen) atoms. The van der Waals surface area contributed by atoms with Crippen LogP contribution in [0.15, 0.2) is 0 Å². The molecule has 0 aromatic heterocycles. The second kappa shape index (κ2) is 3.68. The van der Waals surface area contributed by atoms with Crippen LogP contribution in [0, 0.1) is 0 Å². The SMILES string of the molecule is CC[O][Ge]([CH3])[CH3]. The molecule has 0 spiro atoms. The zero-order valence-corrected chi connectivity index (χ0v) is 6.71. The predicted octanol–water partition coefficient (Wildman–Crippen LogP) is 1.27. The van der Waals surface area contributed by atoms with Gasteiger partial charge in [0.25, 0.3) is 0 Å². The van der Waals surface area contributed by atoms with Crippen LogP contribution in [-0.4, -0.2) is 21.3 Å². The molecule has 0 amide bonds. The third-order valence-corrected chi connectivity index (χ3v) is 2.25. The molecule has 0 fully saturated rings. The summed E-state index contributed by atoms with van der Waals surface area (Å²) in [6.45, 7) is 2.95. The van der Waals surface area contributed by atoms with Gasteiger partial charge in [-0.25, -0.2) is 0 Å². The third kappa shape index (κ3) is 4.50. The topological polar surface area (TPSA) is 9.23 Å². The van der Waals surface area contributed by atoms with Gasteiger partial charge in [-0.15, -0.1) is 0 Å². The molecule has 0 aliphatic rings. The van der Waals surface area contributed by atoms with Crippen molar-refractivity contribution in [3.8, 4) is 0 Å². The standard InChI is InChI=1S/C4H11GeO/c1-4-6-5(2)3/h4H2,1-3H3. The summed E-state index contributed by atoms with van der Waals surface area (Å²) in [6.07, 6.45) is 0. The fourth-order valence-electron chi connectivity index (χ4n) is 0.289. The van der Waals surface area contributed by atoms with Gasteiger partial charge >= 0.3 is 43.5 Å². The zero-order valence-electron chi connectivity index (χ0n) is 4.62. The maximum absolute atomic E-state index is 5.21. The maximum atomic E-state index is 5.21. The van der Waals surface area contributed by atoms with Gasteiger partial charge in [-0.05, 0) is 0 Å². The quantitative estimate of drug-likeness (QED) is 0.535. The van der Waals surface area contributed by atoms with Crippen molar-refractivity contribution >= 4 is 14.7 Å². The Morgan fingerprint density at radius 3 is 2.00 bits per heavy atom. The summed E-state index contributed by atoms with van der Waals surface area (Å²) in [5, 5.41) is 0. The van der Waals surface area contributed by atoms with E-state index in [-0.39, 0.29) is 0 Å². The third-order valence-electron chi connectivity index (χ3n) is 0.433. The Labute approximate surface area is 44.1 Å². The van der Waals surface area contributed by atoms with Gasteiger partial charge in [-0.1, -0.05) is 0 Å². The van der Waals surface area contributed by atoms with E-state index >= 15 is 0 Å². The molecule has 0 bridgehead atoms. The first-order valence-corrected chi connectivity index (χ1v) is 7.25. The van der Waals surface area contributed by atoms with Crippen LogP contribution < -0.4 is 0 Å². The Bertz CT molecular complexity index is 28.7. The molecule has 2 heteroatoms. The monoisotopic (exact) mass is 149 g/mol. The Morgan fingerprint density at radius 2 is 2.00 bits per heavy atom. The van der Waals surface area contributed by atoms with Gasteiger partial charge in [0.15, 0.2) is 0 Å². The zero-order chi connectivity index (χ0) is 4.99. The van der Waals surface area contributed by atoms with Crippen molar-refractivity contribution in [2.24, 2.45) is 0 Å². The molecule has 37 valence electrons. The Balaban J connectivity index is 2.63. The molecule has 0 aliphatic heterocycles. The van der Waals surface area contributed by atoms with E-state index in [4.69, 9.17) is 3.76 Å². The second-order valence-corrected chi connectivity index (χ2v) is 5.76. The molecule has 0 aromatic rings. The van der Waals surface area contributed by atoms with Crippen molar-refractivity contribution in [3.05, 3.63) is 0 Å². The van der Waals surface area contributed by atoms with Crippen LogP contribution >= 0.6 is 0 Å². The fourth-order valence-corrected chi connectivity index (χ4v) is 1.50. The first-order chi connectivity index (χ1) is 2.77. The summed E-state index contributed by atoms with van der Waals surface area (Å²) < 4.78 is 5.21. The van der Waals surface area contributed by atoms with E-state index in [2.05, 4.69) is 11.5 Å². The van der Waals surface area contributed by atoms with E-state index in [1.165, 1.54) is 0 Å². The number of rotatable bonds is 2. The van der Waals surface area contributed by atoms with E-state index in [1.54, 1.807) is 0 Å². The molecule has 0 atom stereocenters. The van der Waals surface area contributed by atoms with Gasteiger partial charge in [-0.2, -0.15) is 0 Å². The molecule has 1 nitrogen and oxygen atoms in total. The molecule has 0 aliphatic carbocycles. The van der Waals surface area contributed by atoms with Gasteiger partial charge in [0.2, 0.25) is 0 Å². The molecule has 0 saturated heterocycles. The van der Waals surface area contributed by atoms with Gasteiger partial charge in [0.1, 0.15) is 0 Å². The van der Waals surface area contributed by atoms with Crippen LogP contribution in [0.25, 0.3) is 0 Å². The summed E-state index contributed by atoms with van der Waals surface area (Å²) in [6, 6.07) is 0. The van der Waals surface area contributed by atoms with Crippen LogP contribution in [0.5, 0.6) is 0 Å². The Morgan fingerprint density at radius 1 is 1.50 bits per heavy atom. The minimum atomic E-state index is -0.884. The van der Waals surface area contributed by atoms with Crippen LogP contribution in [0.4, 0.5) is 0 Å². The van der Waals surface area contributed by atoms with Crippen LogP contribution in [0.3, 0.4) is 0 Å². The molecule has 0 aromatic carbocycles. The molecule has 0 heterocycles. The number of hydrogen-bond donors (Lipinski definition) is 0. The fraction of sp³-hybridized carbons (Fsp3) is 1.00. The van der Waals surface area contributed by atoms with Gasteiger partial charge < -0.3 is 0 Å². The van der Waals surface area contributed by atoms with Gasteiger partial charge in [0.05, 0.1) is 0 Å². The average molecular weight is 148 g/mol. The Hall–Kier alpha value is 0.503. The first kappa shape index (κ1) is 6.50. The van der Waals surface area contributed by atoms with Crippen LogP contribution in [0.1, 0.15) is 6.92 Å². The van der Waals surface area contributed by atoms with Crippen molar-refractivity contribution in [2.75, 3.05) is 6.61 Å². The van der Waals surface area contributed by atoms with Crippen molar-refractivity contribution in [2.45, 2.75) is 18.4 Å². The predicted molar refractivity (Wildman–Crippen MR) is 29.1 cm³/mol. The van der Waals surface area contributed by atoms with Crippen molar-refractivity contribution in [3.63, 3.8) is 0 Å².